The summed E-state index contributed by atoms with van der Waals surface area (Å²) in [6.45, 7) is -2.32. The molecule has 0 radical (unpaired) electrons. The maximum Gasteiger partial charge on any atom is 0.330 e. The topological polar surface area (TPSA) is 35.5 Å². The molecule has 1 aromatic carbocycles. The lowest BCUT2D eigenvalue weighted by Crippen LogP contribution is -2.33. The van der Waals surface area contributed by atoms with Crippen molar-refractivity contribution in [1.82, 2.24) is 0 Å². The van der Waals surface area contributed by atoms with Gasteiger partial charge in [0.05, 0.1) is 12.7 Å². The van der Waals surface area contributed by atoms with Crippen molar-refractivity contribution in [2.24, 2.45) is 0 Å². The zero-order valence-corrected chi connectivity index (χ0v) is 11.1. The summed E-state index contributed by atoms with van der Waals surface area (Å²) in [5, 5.41) is 0.243. The summed E-state index contributed by atoms with van der Waals surface area (Å²) in [6.07, 6.45) is -3.85. The van der Waals surface area contributed by atoms with E-state index in [0.29, 0.717) is 0 Å². The minimum Gasteiger partial charge on any atom is -0.496 e. The molecule has 0 spiro atoms. The van der Waals surface area contributed by atoms with E-state index in [1.165, 1.54) is 25.3 Å². The van der Waals surface area contributed by atoms with Crippen LogP contribution in [0.2, 0.25) is 5.02 Å². The highest BCUT2D eigenvalue weighted by molar-refractivity contribution is 6.31. The summed E-state index contributed by atoms with van der Waals surface area (Å²) in [7, 11) is 1.31. The fraction of sp³-hybridized carbons (Fsp3) is 0.417. The first-order valence-corrected chi connectivity index (χ1v) is 5.76. The highest BCUT2D eigenvalue weighted by atomic mass is 35.5. The number of ether oxygens (including phenoxy) is 2. The standard InChI is InChI=1S/C12H11ClF4O3/c1-19-10-3-2-7(13)4-8(10)9(18)5-20-6-12(16,17)11(14)15/h2-4,11H,5-6H2,1H3. The van der Waals surface area contributed by atoms with Crippen LogP contribution in [0.15, 0.2) is 18.2 Å². The van der Waals surface area contributed by atoms with Gasteiger partial charge in [-0.25, -0.2) is 8.78 Å². The average molecular weight is 315 g/mol. The van der Waals surface area contributed by atoms with Crippen molar-refractivity contribution in [2.75, 3.05) is 20.3 Å². The van der Waals surface area contributed by atoms with Crippen molar-refractivity contribution >= 4 is 17.4 Å². The van der Waals surface area contributed by atoms with E-state index in [0.717, 1.165) is 0 Å². The number of carbonyl (C=O) groups excluding carboxylic acids is 1. The summed E-state index contributed by atoms with van der Waals surface area (Å²) in [5.41, 5.74) is 0.0281. The van der Waals surface area contributed by atoms with Crippen LogP contribution in [-0.2, 0) is 4.74 Å². The molecule has 0 saturated carbocycles. The van der Waals surface area contributed by atoms with Crippen LogP contribution in [0, 0.1) is 0 Å². The normalized spacial score (nSPS) is 11.8. The van der Waals surface area contributed by atoms with Gasteiger partial charge in [-0.3, -0.25) is 4.79 Å². The van der Waals surface area contributed by atoms with E-state index in [1.807, 2.05) is 0 Å². The predicted molar refractivity (Wildman–Crippen MR) is 64.1 cm³/mol. The Balaban J connectivity index is 2.66. The van der Waals surface area contributed by atoms with Crippen LogP contribution >= 0.6 is 11.6 Å². The van der Waals surface area contributed by atoms with Gasteiger partial charge in [-0.15, -0.1) is 0 Å². The Morgan fingerprint density at radius 1 is 1.40 bits per heavy atom. The summed E-state index contributed by atoms with van der Waals surface area (Å²) < 4.78 is 58.2. The molecule has 0 fully saturated rings. The second-order valence-corrected chi connectivity index (χ2v) is 4.26. The van der Waals surface area contributed by atoms with Gasteiger partial charge in [0.1, 0.15) is 19.0 Å². The van der Waals surface area contributed by atoms with E-state index >= 15 is 0 Å². The van der Waals surface area contributed by atoms with Crippen molar-refractivity contribution < 1.29 is 31.8 Å². The molecule has 1 rings (SSSR count). The van der Waals surface area contributed by atoms with Crippen LogP contribution in [0.1, 0.15) is 10.4 Å². The third-order valence-electron chi connectivity index (χ3n) is 2.31. The molecule has 0 aliphatic rings. The van der Waals surface area contributed by atoms with Crippen molar-refractivity contribution in [1.29, 1.82) is 0 Å². The Bertz CT molecular complexity index is 480. The van der Waals surface area contributed by atoms with Crippen LogP contribution in [-0.4, -0.2) is 38.5 Å². The number of Topliss-reactive ketones (excluding diaryl/α,β-unsaturated/α-hetero) is 1. The zero-order valence-electron chi connectivity index (χ0n) is 10.3. The zero-order chi connectivity index (χ0) is 15.3. The van der Waals surface area contributed by atoms with Crippen LogP contribution in [0.25, 0.3) is 0 Å². The van der Waals surface area contributed by atoms with Crippen molar-refractivity contribution in [3.05, 3.63) is 28.8 Å². The highest BCUT2D eigenvalue weighted by Gasteiger charge is 2.41. The molecule has 0 atom stereocenters. The number of hydrogen-bond donors (Lipinski definition) is 0. The first-order chi connectivity index (χ1) is 9.27. The fourth-order valence-electron chi connectivity index (χ4n) is 1.32. The van der Waals surface area contributed by atoms with Gasteiger partial charge in [0.25, 0.3) is 0 Å². The minimum absolute atomic E-state index is 0.0281. The van der Waals surface area contributed by atoms with Crippen LogP contribution in [0.3, 0.4) is 0 Å². The number of benzene rings is 1. The number of alkyl halides is 4. The Kier molecular flexibility index (Phi) is 5.76. The molecule has 0 saturated heterocycles. The molecular formula is C12H11ClF4O3. The van der Waals surface area contributed by atoms with Crippen LogP contribution in [0.5, 0.6) is 5.75 Å². The fourth-order valence-corrected chi connectivity index (χ4v) is 1.49. The Hall–Kier alpha value is -1.34. The molecule has 1 aromatic rings. The quantitative estimate of drug-likeness (QED) is 0.571. The van der Waals surface area contributed by atoms with Gasteiger partial charge in [-0.1, -0.05) is 11.6 Å². The predicted octanol–water partition coefficient (Wildman–Crippen LogP) is 3.45. The number of rotatable bonds is 7. The Morgan fingerprint density at radius 2 is 2.05 bits per heavy atom. The number of ketones is 1. The second-order valence-electron chi connectivity index (χ2n) is 3.82. The van der Waals surface area contributed by atoms with E-state index < -0.39 is 31.3 Å². The molecule has 8 heteroatoms. The van der Waals surface area contributed by atoms with Gasteiger partial charge in [-0.2, -0.15) is 8.78 Å². The second kappa shape index (κ2) is 6.90. The van der Waals surface area contributed by atoms with Gasteiger partial charge < -0.3 is 9.47 Å². The third-order valence-corrected chi connectivity index (χ3v) is 2.54. The maximum atomic E-state index is 12.6. The molecule has 0 heterocycles. The average Bonchev–Trinajstić information content (AvgIpc) is 2.38. The monoisotopic (exact) mass is 314 g/mol. The van der Waals surface area contributed by atoms with Crippen molar-refractivity contribution in [3.63, 3.8) is 0 Å². The van der Waals surface area contributed by atoms with Gasteiger partial charge in [-0.05, 0) is 18.2 Å². The smallest absolute Gasteiger partial charge is 0.330 e. The van der Waals surface area contributed by atoms with Crippen molar-refractivity contribution in [3.8, 4) is 5.75 Å². The maximum absolute atomic E-state index is 12.6. The van der Waals surface area contributed by atoms with Gasteiger partial charge >= 0.3 is 12.3 Å². The Morgan fingerprint density at radius 3 is 2.60 bits per heavy atom. The molecule has 0 aliphatic heterocycles. The molecule has 0 amide bonds. The number of carbonyl (C=O) groups is 1. The lowest BCUT2D eigenvalue weighted by atomic mass is 10.1. The summed E-state index contributed by atoms with van der Waals surface area (Å²) in [4.78, 5) is 11.7. The molecule has 20 heavy (non-hydrogen) atoms. The summed E-state index contributed by atoms with van der Waals surface area (Å²) in [5.74, 6) is -4.81. The van der Waals surface area contributed by atoms with Gasteiger partial charge in [0, 0.05) is 5.02 Å². The first kappa shape index (κ1) is 16.7. The number of hydrogen-bond acceptors (Lipinski definition) is 3. The SMILES string of the molecule is COc1ccc(Cl)cc1C(=O)COCC(F)(F)C(F)F. The lowest BCUT2D eigenvalue weighted by molar-refractivity contribution is -0.163. The molecule has 0 unspecified atom stereocenters. The van der Waals surface area contributed by atoms with Gasteiger partial charge in [0.2, 0.25) is 0 Å². The summed E-state index contributed by atoms with van der Waals surface area (Å²) >= 11 is 5.70. The molecule has 0 bridgehead atoms. The molecular weight excluding hydrogens is 304 g/mol. The summed E-state index contributed by atoms with van der Waals surface area (Å²) in [6, 6.07) is 4.17. The van der Waals surface area contributed by atoms with E-state index in [1.54, 1.807) is 0 Å². The van der Waals surface area contributed by atoms with Gasteiger partial charge in [0.15, 0.2) is 5.78 Å². The molecule has 0 N–H and O–H groups in total. The Labute approximate surface area is 117 Å². The lowest BCUT2D eigenvalue weighted by Gasteiger charge is -2.15. The molecule has 0 aliphatic carbocycles. The minimum atomic E-state index is -4.29. The van der Waals surface area contributed by atoms with Crippen LogP contribution < -0.4 is 4.74 Å². The van der Waals surface area contributed by atoms with Crippen LogP contribution in [0.4, 0.5) is 17.6 Å². The molecule has 112 valence electrons. The van der Waals surface area contributed by atoms with Crippen molar-refractivity contribution in [2.45, 2.75) is 12.3 Å². The first-order valence-electron chi connectivity index (χ1n) is 5.38. The van der Waals surface area contributed by atoms with E-state index in [9.17, 15) is 22.4 Å². The number of halogens is 5. The largest absolute Gasteiger partial charge is 0.496 e. The third kappa shape index (κ3) is 4.35. The van der Waals surface area contributed by atoms with E-state index in [2.05, 4.69) is 4.74 Å². The molecule has 0 aromatic heterocycles. The van der Waals surface area contributed by atoms with E-state index in [-0.39, 0.29) is 16.3 Å². The van der Waals surface area contributed by atoms with E-state index in [4.69, 9.17) is 16.3 Å². The highest BCUT2D eigenvalue weighted by Crippen LogP contribution is 2.25. The number of methoxy groups -OCH3 is 1. The molecule has 3 nitrogen and oxygen atoms in total.